The van der Waals surface area contributed by atoms with Gasteiger partial charge in [0.25, 0.3) is 8.32 Å². The van der Waals surface area contributed by atoms with E-state index in [0.29, 0.717) is 6.10 Å². The monoisotopic (exact) mass is 383 g/mol. The molecule has 0 aromatic heterocycles. The molecule has 138 valence electrons. The van der Waals surface area contributed by atoms with Crippen LogP contribution in [0, 0.1) is 5.41 Å². The van der Waals surface area contributed by atoms with E-state index in [2.05, 4.69) is 93.7 Å². The summed E-state index contributed by atoms with van der Waals surface area (Å²) in [5.41, 5.74) is 0. The predicted molar refractivity (Wildman–Crippen MR) is 116 cm³/mol. The topological polar surface area (TPSA) is 33.1 Å². The molecule has 3 rings (SSSR count). The van der Waals surface area contributed by atoms with Crippen molar-refractivity contribution in [3.05, 3.63) is 60.7 Å². The first-order chi connectivity index (χ1) is 12.5. The van der Waals surface area contributed by atoms with Crippen molar-refractivity contribution in [1.29, 1.82) is 5.41 Å². The Morgan fingerprint density at radius 2 is 1.31 bits per heavy atom. The second-order valence-corrected chi connectivity index (χ2v) is 12.2. The first-order valence-corrected chi connectivity index (χ1v) is 11.6. The van der Waals surface area contributed by atoms with Crippen LogP contribution in [0.4, 0.5) is 0 Å². The lowest BCUT2D eigenvalue weighted by Crippen LogP contribution is -2.67. The third kappa shape index (κ3) is 4.57. The van der Waals surface area contributed by atoms with Crippen LogP contribution in [0.15, 0.2) is 60.7 Å². The predicted octanol–water partition coefficient (Wildman–Crippen LogP) is 5.17. The highest BCUT2D eigenvalue weighted by molar-refractivity contribution is 7.78. The maximum atomic E-state index is 7.07. The van der Waals surface area contributed by atoms with Crippen LogP contribution in [-0.2, 0) is 4.43 Å². The van der Waals surface area contributed by atoms with Gasteiger partial charge in [-0.1, -0.05) is 94.3 Å². The van der Waals surface area contributed by atoms with Crippen LogP contribution >= 0.6 is 12.2 Å². The zero-order valence-corrected chi connectivity index (χ0v) is 17.8. The Morgan fingerprint density at radius 1 is 0.923 bits per heavy atom. The second kappa shape index (κ2) is 9.38. The Labute approximate surface area is 164 Å². The van der Waals surface area contributed by atoms with E-state index in [0.717, 1.165) is 0 Å². The van der Waals surface area contributed by atoms with Gasteiger partial charge in [0.05, 0.1) is 5.16 Å². The highest BCUT2D eigenvalue weighted by Gasteiger charge is 2.51. The van der Waals surface area contributed by atoms with Crippen molar-refractivity contribution in [2.24, 2.45) is 0 Å². The fourth-order valence-electron chi connectivity index (χ4n) is 3.95. The van der Waals surface area contributed by atoms with E-state index in [1.54, 1.807) is 5.16 Å². The molecular formula is C22H29NOSSi. The van der Waals surface area contributed by atoms with Gasteiger partial charge in [-0.15, -0.1) is 0 Å². The number of hydrogen-bond donors (Lipinski definition) is 1. The SMILES string of the molecule is CC(C)(C)[Si](OC1CCCC1)(c1ccccc1)c1ccccc1.N=C=S. The Kier molecular flexibility index (Phi) is 7.48. The Balaban J connectivity index is 0.000000758. The molecule has 0 radical (unpaired) electrons. The molecule has 0 unspecified atom stereocenters. The fourth-order valence-corrected chi connectivity index (χ4v) is 8.70. The lowest BCUT2D eigenvalue weighted by atomic mass is 10.2. The maximum absolute atomic E-state index is 7.07. The van der Waals surface area contributed by atoms with Crippen LogP contribution in [0.5, 0.6) is 0 Å². The molecule has 0 atom stereocenters. The van der Waals surface area contributed by atoms with Crippen molar-refractivity contribution in [3.8, 4) is 0 Å². The lowest BCUT2D eigenvalue weighted by Gasteiger charge is -2.44. The minimum atomic E-state index is -2.31. The molecule has 26 heavy (non-hydrogen) atoms. The summed E-state index contributed by atoms with van der Waals surface area (Å²) in [5.74, 6) is 0. The van der Waals surface area contributed by atoms with Gasteiger partial charge >= 0.3 is 0 Å². The van der Waals surface area contributed by atoms with E-state index in [9.17, 15) is 0 Å². The summed E-state index contributed by atoms with van der Waals surface area (Å²) in [5, 5.41) is 10.2. The van der Waals surface area contributed by atoms with Gasteiger partial charge in [-0.05, 0) is 40.5 Å². The van der Waals surface area contributed by atoms with Gasteiger partial charge in [0, 0.05) is 6.10 Å². The smallest absolute Gasteiger partial charge is 0.261 e. The lowest BCUT2D eigenvalue weighted by molar-refractivity contribution is 0.195. The van der Waals surface area contributed by atoms with Crippen LogP contribution in [0.25, 0.3) is 0 Å². The number of hydrogen-bond acceptors (Lipinski definition) is 3. The molecule has 0 aliphatic heterocycles. The summed E-state index contributed by atoms with van der Waals surface area (Å²) in [7, 11) is -2.31. The van der Waals surface area contributed by atoms with Gasteiger partial charge in [-0.3, -0.25) is 0 Å². The minimum Gasteiger partial charge on any atom is -0.404 e. The summed E-state index contributed by atoms with van der Waals surface area (Å²) in [6.45, 7) is 7.07. The molecule has 1 fully saturated rings. The summed E-state index contributed by atoms with van der Waals surface area (Å²) in [4.78, 5) is 0. The molecule has 1 aliphatic carbocycles. The van der Waals surface area contributed by atoms with Gasteiger partial charge in [0.15, 0.2) is 0 Å². The van der Waals surface area contributed by atoms with Crippen molar-refractivity contribution < 1.29 is 4.43 Å². The van der Waals surface area contributed by atoms with Crippen LogP contribution in [0.3, 0.4) is 0 Å². The number of rotatable bonds is 4. The first-order valence-electron chi connectivity index (χ1n) is 9.28. The third-order valence-electron chi connectivity index (χ3n) is 5.06. The van der Waals surface area contributed by atoms with Crippen molar-refractivity contribution in [3.63, 3.8) is 0 Å². The van der Waals surface area contributed by atoms with Gasteiger partial charge < -0.3 is 4.43 Å². The van der Waals surface area contributed by atoms with Crippen LogP contribution in [-0.4, -0.2) is 19.6 Å². The minimum absolute atomic E-state index is 0.0955. The van der Waals surface area contributed by atoms with Gasteiger partial charge in [0.1, 0.15) is 0 Å². The van der Waals surface area contributed by atoms with E-state index < -0.39 is 8.32 Å². The molecule has 4 heteroatoms. The van der Waals surface area contributed by atoms with E-state index in [1.807, 2.05) is 0 Å². The number of benzene rings is 2. The molecule has 0 heterocycles. The average Bonchev–Trinajstić information content (AvgIpc) is 3.14. The largest absolute Gasteiger partial charge is 0.404 e. The Morgan fingerprint density at radius 3 is 1.65 bits per heavy atom. The molecule has 2 aromatic carbocycles. The van der Waals surface area contributed by atoms with Crippen molar-refractivity contribution in [1.82, 2.24) is 0 Å². The first kappa shape index (κ1) is 20.7. The van der Waals surface area contributed by atoms with E-state index in [4.69, 9.17) is 9.84 Å². The number of thiocarbonyl (C=S) groups is 1. The van der Waals surface area contributed by atoms with Crippen molar-refractivity contribution >= 4 is 36.1 Å². The molecule has 1 saturated carbocycles. The number of isothiocyanates is 1. The van der Waals surface area contributed by atoms with Crippen LogP contribution in [0.1, 0.15) is 46.5 Å². The number of nitrogens with one attached hydrogen (secondary N) is 1. The molecule has 0 spiro atoms. The maximum Gasteiger partial charge on any atom is 0.261 e. The normalized spacial score (nSPS) is 15.0. The third-order valence-corrected chi connectivity index (χ3v) is 10.2. The molecule has 2 aromatic rings. The molecule has 0 saturated heterocycles. The summed E-state index contributed by atoms with van der Waals surface area (Å²) in [6.07, 6.45) is 5.46. The highest BCUT2D eigenvalue weighted by Crippen LogP contribution is 2.39. The summed E-state index contributed by atoms with van der Waals surface area (Å²) in [6, 6.07) is 21.9. The van der Waals surface area contributed by atoms with Gasteiger partial charge in [0.2, 0.25) is 0 Å². The zero-order chi connectivity index (χ0) is 19.0. The highest BCUT2D eigenvalue weighted by atomic mass is 32.1. The van der Waals surface area contributed by atoms with E-state index in [-0.39, 0.29) is 5.04 Å². The van der Waals surface area contributed by atoms with Crippen LogP contribution in [0.2, 0.25) is 5.04 Å². The van der Waals surface area contributed by atoms with Crippen molar-refractivity contribution in [2.45, 2.75) is 57.6 Å². The Hall–Kier alpha value is -1.58. The Bertz CT molecular complexity index is 660. The van der Waals surface area contributed by atoms with E-state index >= 15 is 0 Å². The molecule has 1 N–H and O–H groups in total. The second-order valence-electron chi connectivity index (χ2n) is 7.79. The van der Waals surface area contributed by atoms with E-state index in [1.165, 1.54) is 36.1 Å². The molecule has 0 bridgehead atoms. The zero-order valence-electron chi connectivity index (χ0n) is 16.0. The molecule has 2 nitrogen and oxygen atoms in total. The van der Waals surface area contributed by atoms with Crippen LogP contribution < -0.4 is 10.4 Å². The standard InChI is InChI=1S/C21H28OSi.CHNS/c1-21(2,3)23(19-14-6-4-7-15-19,20-16-8-5-9-17-20)22-18-12-10-11-13-18;2-1-3/h4-9,14-18H,10-13H2,1-3H3;2H. The molecule has 1 aliphatic rings. The summed E-state index contributed by atoms with van der Waals surface area (Å²) >= 11 is 3.81. The van der Waals surface area contributed by atoms with Gasteiger partial charge in [-0.2, -0.15) is 0 Å². The summed E-state index contributed by atoms with van der Waals surface area (Å²) < 4.78 is 7.07. The molecular weight excluding hydrogens is 354 g/mol. The quantitative estimate of drug-likeness (QED) is 0.449. The average molecular weight is 384 g/mol. The molecule has 0 amide bonds. The van der Waals surface area contributed by atoms with Crippen molar-refractivity contribution in [2.75, 3.05) is 0 Å². The van der Waals surface area contributed by atoms with Gasteiger partial charge in [-0.25, -0.2) is 5.41 Å². The fraction of sp³-hybridized carbons (Fsp3) is 0.409.